The van der Waals surface area contributed by atoms with E-state index < -0.39 is 14.9 Å². The lowest BCUT2D eigenvalue weighted by atomic mass is 10.1. The second-order valence-corrected chi connectivity index (χ2v) is 9.57. The molecule has 1 saturated carbocycles. The van der Waals surface area contributed by atoms with Crippen LogP contribution in [0.3, 0.4) is 0 Å². The van der Waals surface area contributed by atoms with Crippen LogP contribution in [0.15, 0.2) is 41.3 Å². The average Bonchev–Trinajstić information content (AvgIpc) is 3.36. The van der Waals surface area contributed by atoms with Crippen molar-refractivity contribution in [3.8, 4) is 0 Å². The predicted molar refractivity (Wildman–Crippen MR) is 112 cm³/mol. The molecule has 2 aromatic rings. The van der Waals surface area contributed by atoms with Crippen molar-refractivity contribution in [2.45, 2.75) is 50.0 Å². The van der Waals surface area contributed by atoms with E-state index in [0.717, 1.165) is 31.2 Å². The Labute approximate surface area is 175 Å². The van der Waals surface area contributed by atoms with Crippen LogP contribution in [0.25, 0.3) is 0 Å². The first-order valence-electron chi connectivity index (χ1n) is 9.98. The molecule has 158 valence electrons. The molecule has 0 saturated heterocycles. The number of sulfonamides is 1. The van der Waals surface area contributed by atoms with Crippen LogP contribution >= 0.6 is 0 Å². The summed E-state index contributed by atoms with van der Waals surface area (Å²) in [5.41, 5.74) is 2.05. The van der Waals surface area contributed by atoms with Gasteiger partial charge in [-0.1, -0.05) is 18.9 Å². The second-order valence-electron chi connectivity index (χ2n) is 7.86. The standard InChI is InChI=1S/C21H23N3O5S/c1-14-6-7-16(13-20(14)24(26)27)21(25)23-11-10-15-12-18(8-9-19(15)23)30(28,29)22-17-4-2-3-5-17/h6-9,12-13,17,22H,2-5,10-11H2,1H3. The van der Waals surface area contributed by atoms with E-state index >= 15 is 0 Å². The van der Waals surface area contributed by atoms with Crippen LogP contribution < -0.4 is 9.62 Å². The molecule has 0 aromatic heterocycles. The summed E-state index contributed by atoms with van der Waals surface area (Å²) in [6.07, 6.45) is 4.31. The zero-order chi connectivity index (χ0) is 21.5. The van der Waals surface area contributed by atoms with Gasteiger partial charge in [0.15, 0.2) is 0 Å². The maximum Gasteiger partial charge on any atom is 0.273 e. The zero-order valence-electron chi connectivity index (χ0n) is 16.6. The number of hydrogen-bond acceptors (Lipinski definition) is 5. The Morgan fingerprint density at radius 1 is 1.17 bits per heavy atom. The molecule has 8 nitrogen and oxygen atoms in total. The van der Waals surface area contributed by atoms with E-state index in [2.05, 4.69) is 4.72 Å². The highest BCUT2D eigenvalue weighted by molar-refractivity contribution is 7.89. The van der Waals surface area contributed by atoms with Gasteiger partial charge < -0.3 is 4.90 Å². The molecule has 4 rings (SSSR count). The van der Waals surface area contributed by atoms with Gasteiger partial charge in [0.25, 0.3) is 11.6 Å². The van der Waals surface area contributed by atoms with E-state index in [1.165, 1.54) is 12.1 Å². The summed E-state index contributed by atoms with van der Waals surface area (Å²) >= 11 is 0. The molecule has 0 radical (unpaired) electrons. The molecule has 2 aromatic carbocycles. The third-order valence-corrected chi connectivity index (χ3v) is 7.35. The predicted octanol–water partition coefficient (Wildman–Crippen LogP) is 3.33. The molecular weight excluding hydrogens is 406 g/mol. The number of carbonyl (C=O) groups is 1. The Hall–Kier alpha value is -2.78. The summed E-state index contributed by atoms with van der Waals surface area (Å²) in [4.78, 5) is 25.4. The van der Waals surface area contributed by atoms with Gasteiger partial charge in [-0.05, 0) is 56.0 Å². The van der Waals surface area contributed by atoms with E-state index in [0.29, 0.717) is 24.2 Å². The Morgan fingerprint density at radius 2 is 1.90 bits per heavy atom. The van der Waals surface area contributed by atoms with Crippen LogP contribution in [0.5, 0.6) is 0 Å². The molecule has 1 aliphatic heterocycles. The van der Waals surface area contributed by atoms with Crippen molar-refractivity contribution in [2.75, 3.05) is 11.4 Å². The topological polar surface area (TPSA) is 110 Å². The van der Waals surface area contributed by atoms with Crippen molar-refractivity contribution < 1.29 is 18.1 Å². The van der Waals surface area contributed by atoms with E-state index in [1.54, 1.807) is 36.1 Å². The largest absolute Gasteiger partial charge is 0.308 e. The second kappa shape index (κ2) is 7.81. The molecule has 2 aliphatic rings. The summed E-state index contributed by atoms with van der Waals surface area (Å²) in [6, 6.07) is 9.20. The lowest BCUT2D eigenvalue weighted by Gasteiger charge is -2.18. The smallest absolute Gasteiger partial charge is 0.273 e. The van der Waals surface area contributed by atoms with Gasteiger partial charge in [0.2, 0.25) is 10.0 Å². The number of aryl methyl sites for hydroxylation is 1. The van der Waals surface area contributed by atoms with E-state index in [1.807, 2.05) is 0 Å². The SMILES string of the molecule is Cc1ccc(C(=O)N2CCc3cc(S(=O)(=O)NC4CCCC4)ccc32)cc1[N+](=O)[O-]. The number of fused-ring (bicyclic) bond motifs is 1. The number of nitro groups is 1. The van der Waals surface area contributed by atoms with E-state index in [4.69, 9.17) is 0 Å². The fourth-order valence-corrected chi connectivity index (χ4v) is 5.54. The van der Waals surface area contributed by atoms with Crippen LogP contribution in [-0.2, 0) is 16.4 Å². The minimum atomic E-state index is -3.60. The van der Waals surface area contributed by atoms with Gasteiger partial charge in [-0.15, -0.1) is 0 Å². The van der Waals surface area contributed by atoms with Crippen molar-refractivity contribution in [1.29, 1.82) is 0 Å². The molecule has 1 fully saturated rings. The van der Waals surface area contributed by atoms with Gasteiger partial charge in [0, 0.05) is 35.5 Å². The number of amides is 1. The maximum atomic E-state index is 13.0. The van der Waals surface area contributed by atoms with Crippen LogP contribution in [-0.4, -0.2) is 31.8 Å². The monoisotopic (exact) mass is 429 g/mol. The van der Waals surface area contributed by atoms with Gasteiger partial charge in [-0.2, -0.15) is 0 Å². The highest BCUT2D eigenvalue weighted by Crippen LogP contribution is 2.32. The lowest BCUT2D eigenvalue weighted by Crippen LogP contribution is -2.32. The molecule has 30 heavy (non-hydrogen) atoms. The van der Waals surface area contributed by atoms with Crippen molar-refractivity contribution in [1.82, 2.24) is 4.72 Å². The Morgan fingerprint density at radius 3 is 2.60 bits per heavy atom. The summed E-state index contributed by atoms with van der Waals surface area (Å²) < 4.78 is 28.2. The summed E-state index contributed by atoms with van der Waals surface area (Å²) in [7, 11) is -3.60. The normalized spacial score (nSPS) is 16.6. The van der Waals surface area contributed by atoms with Crippen LogP contribution in [0, 0.1) is 17.0 Å². The van der Waals surface area contributed by atoms with Gasteiger partial charge in [0.1, 0.15) is 0 Å². The quantitative estimate of drug-likeness (QED) is 0.579. The van der Waals surface area contributed by atoms with Crippen molar-refractivity contribution in [3.63, 3.8) is 0 Å². The van der Waals surface area contributed by atoms with Gasteiger partial charge in [-0.25, -0.2) is 13.1 Å². The molecule has 0 spiro atoms. The summed E-state index contributed by atoms with van der Waals surface area (Å²) in [5.74, 6) is -0.337. The fraction of sp³-hybridized carbons (Fsp3) is 0.381. The number of anilines is 1. The Bertz CT molecular complexity index is 1120. The molecule has 0 bridgehead atoms. The summed E-state index contributed by atoms with van der Waals surface area (Å²) in [5, 5.41) is 11.2. The third kappa shape index (κ3) is 3.82. The van der Waals surface area contributed by atoms with Crippen LogP contribution in [0.2, 0.25) is 0 Å². The lowest BCUT2D eigenvalue weighted by molar-refractivity contribution is -0.385. The van der Waals surface area contributed by atoms with Gasteiger partial charge >= 0.3 is 0 Å². The number of carbonyl (C=O) groups excluding carboxylic acids is 1. The number of nitrogens with one attached hydrogen (secondary N) is 1. The number of rotatable bonds is 5. The average molecular weight is 429 g/mol. The first-order valence-corrected chi connectivity index (χ1v) is 11.5. The molecule has 1 heterocycles. The molecule has 1 amide bonds. The van der Waals surface area contributed by atoms with Crippen molar-refractivity contribution in [2.24, 2.45) is 0 Å². The minimum absolute atomic E-state index is 0.0151. The van der Waals surface area contributed by atoms with E-state index in [9.17, 15) is 23.3 Å². The van der Waals surface area contributed by atoms with Crippen molar-refractivity contribution >= 4 is 27.3 Å². The number of nitro benzene ring substituents is 1. The number of benzene rings is 2. The molecule has 0 atom stereocenters. The first kappa shape index (κ1) is 20.5. The van der Waals surface area contributed by atoms with Crippen LogP contribution in [0.4, 0.5) is 11.4 Å². The third-order valence-electron chi connectivity index (χ3n) is 5.83. The number of nitrogens with zero attached hydrogens (tertiary/aromatic N) is 2. The van der Waals surface area contributed by atoms with Crippen LogP contribution in [0.1, 0.15) is 47.2 Å². The zero-order valence-corrected chi connectivity index (χ0v) is 17.4. The first-order chi connectivity index (χ1) is 14.3. The fourth-order valence-electron chi connectivity index (χ4n) is 4.18. The van der Waals surface area contributed by atoms with Crippen molar-refractivity contribution in [3.05, 3.63) is 63.2 Å². The van der Waals surface area contributed by atoms with Gasteiger partial charge in [0.05, 0.1) is 9.82 Å². The highest BCUT2D eigenvalue weighted by atomic mass is 32.2. The highest BCUT2D eigenvalue weighted by Gasteiger charge is 2.29. The minimum Gasteiger partial charge on any atom is -0.308 e. The molecule has 0 unspecified atom stereocenters. The van der Waals surface area contributed by atoms with Gasteiger partial charge in [-0.3, -0.25) is 14.9 Å². The molecular formula is C21H23N3O5S. The maximum absolute atomic E-state index is 13.0. The molecule has 9 heteroatoms. The number of hydrogen-bond donors (Lipinski definition) is 1. The molecule has 1 N–H and O–H groups in total. The Kier molecular flexibility index (Phi) is 5.33. The van der Waals surface area contributed by atoms with E-state index in [-0.39, 0.29) is 28.1 Å². The Balaban J connectivity index is 1.58. The summed E-state index contributed by atoms with van der Waals surface area (Å²) in [6.45, 7) is 2.02. The molecule has 1 aliphatic carbocycles.